The predicted octanol–water partition coefficient (Wildman–Crippen LogP) is 3.68. The van der Waals surface area contributed by atoms with Gasteiger partial charge in [-0.05, 0) is 36.8 Å². The van der Waals surface area contributed by atoms with Crippen LogP contribution in [0.4, 0.5) is 17.1 Å². The fraction of sp³-hybridized carbons (Fsp3) is 0.0526. The molecule has 0 saturated heterocycles. The summed E-state index contributed by atoms with van der Waals surface area (Å²) in [5.41, 5.74) is -1.89. The standard InChI is InChI=1S/C19H11N5O8/c1-10-15-16(11-2-4-13(5-3-11)22(26)27)17(24(30)31)19(25)32-18(15)21(20-10)12-6-8-14(9-7-12)23(28)29/h2-9H,1H3. The lowest BCUT2D eigenvalue weighted by molar-refractivity contribution is -0.386. The average Bonchev–Trinajstić information content (AvgIpc) is 3.08. The van der Waals surface area contributed by atoms with Gasteiger partial charge in [-0.2, -0.15) is 9.78 Å². The first kappa shape index (κ1) is 20.3. The monoisotopic (exact) mass is 437 g/mol. The van der Waals surface area contributed by atoms with Crippen LogP contribution in [-0.2, 0) is 0 Å². The Bertz CT molecular complexity index is 1470. The highest BCUT2D eigenvalue weighted by atomic mass is 16.6. The second-order valence-electron chi connectivity index (χ2n) is 6.63. The Labute approximate surface area is 176 Å². The van der Waals surface area contributed by atoms with E-state index < -0.39 is 26.1 Å². The molecule has 0 aliphatic rings. The maximum Gasteiger partial charge on any atom is 0.417 e. The van der Waals surface area contributed by atoms with Gasteiger partial charge in [0.05, 0.1) is 37.1 Å². The number of nitro groups is 3. The van der Waals surface area contributed by atoms with Crippen LogP contribution in [0.5, 0.6) is 0 Å². The van der Waals surface area contributed by atoms with Crippen LogP contribution < -0.4 is 5.63 Å². The Hall–Kier alpha value is -4.94. The molecule has 13 heteroatoms. The number of fused-ring (bicyclic) bond motifs is 1. The molecule has 0 amide bonds. The molecule has 160 valence electrons. The van der Waals surface area contributed by atoms with Gasteiger partial charge in [0.25, 0.3) is 11.4 Å². The molecule has 2 aromatic carbocycles. The Balaban J connectivity index is 2.03. The van der Waals surface area contributed by atoms with Crippen molar-refractivity contribution in [3.8, 4) is 16.8 Å². The van der Waals surface area contributed by atoms with Crippen LogP contribution in [0.1, 0.15) is 5.69 Å². The van der Waals surface area contributed by atoms with Crippen molar-refractivity contribution in [2.24, 2.45) is 0 Å². The lowest BCUT2D eigenvalue weighted by atomic mass is 10.0. The zero-order valence-electron chi connectivity index (χ0n) is 16.1. The summed E-state index contributed by atoms with van der Waals surface area (Å²) >= 11 is 0. The first-order valence-electron chi connectivity index (χ1n) is 8.89. The molecule has 0 bridgehead atoms. The molecule has 0 atom stereocenters. The van der Waals surface area contributed by atoms with Crippen molar-refractivity contribution in [3.63, 3.8) is 0 Å². The molecule has 2 aromatic heterocycles. The molecule has 0 fully saturated rings. The number of hydrogen-bond acceptors (Lipinski definition) is 9. The van der Waals surface area contributed by atoms with E-state index in [1.165, 1.54) is 41.1 Å². The van der Waals surface area contributed by atoms with Crippen LogP contribution in [0, 0.1) is 37.3 Å². The van der Waals surface area contributed by atoms with Crippen LogP contribution in [0.25, 0.3) is 27.9 Å². The summed E-state index contributed by atoms with van der Waals surface area (Å²) in [5, 5.41) is 38.0. The van der Waals surface area contributed by atoms with Gasteiger partial charge in [-0.3, -0.25) is 30.3 Å². The van der Waals surface area contributed by atoms with Gasteiger partial charge in [0.2, 0.25) is 5.71 Å². The van der Waals surface area contributed by atoms with Crippen molar-refractivity contribution in [3.05, 3.63) is 95.0 Å². The first-order valence-corrected chi connectivity index (χ1v) is 8.89. The van der Waals surface area contributed by atoms with Gasteiger partial charge >= 0.3 is 11.3 Å². The minimum absolute atomic E-state index is 0.0955. The minimum atomic E-state index is -1.24. The molecule has 0 spiro atoms. The lowest BCUT2D eigenvalue weighted by Crippen LogP contribution is -2.10. The zero-order valence-corrected chi connectivity index (χ0v) is 16.1. The molecule has 32 heavy (non-hydrogen) atoms. The summed E-state index contributed by atoms with van der Waals surface area (Å²) < 4.78 is 6.43. The average molecular weight is 437 g/mol. The van der Waals surface area contributed by atoms with Crippen LogP contribution in [-0.4, -0.2) is 24.6 Å². The summed E-state index contributed by atoms with van der Waals surface area (Å²) in [4.78, 5) is 44.0. The minimum Gasteiger partial charge on any atom is -0.398 e. The maximum absolute atomic E-state index is 12.5. The smallest absolute Gasteiger partial charge is 0.398 e. The highest BCUT2D eigenvalue weighted by Gasteiger charge is 2.30. The second kappa shape index (κ2) is 7.39. The van der Waals surface area contributed by atoms with Gasteiger partial charge in [-0.25, -0.2) is 4.79 Å². The summed E-state index contributed by atoms with van der Waals surface area (Å²) in [6.45, 7) is 1.54. The molecule has 0 unspecified atom stereocenters. The van der Waals surface area contributed by atoms with Gasteiger partial charge in [-0.1, -0.05) is 0 Å². The maximum atomic E-state index is 12.5. The number of benzene rings is 2. The van der Waals surface area contributed by atoms with E-state index in [9.17, 15) is 35.1 Å². The van der Waals surface area contributed by atoms with Crippen LogP contribution in [0.15, 0.2) is 57.7 Å². The van der Waals surface area contributed by atoms with E-state index in [1.807, 2.05) is 0 Å². The summed E-state index contributed by atoms with van der Waals surface area (Å²) in [6.07, 6.45) is 0. The fourth-order valence-electron chi connectivity index (χ4n) is 3.33. The molecule has 4 rings (SSSR count). The largest absolute Gasteiger partial charge is 0.417 e. The molecule has 0 radical (unpaired) electrons. The Kier molecular flexibility index (Phi) is 4.70. The van der Waals surface area contributed by atoms with E-state index in [0.717, 1.165) is 12.1 Å². The number of hydrogen-bond donors (Lipinski definition) is 0. The van der Waals surface area contributed by atoms with Crippen molar-refractivity contribution in [2.75, 3.05) is 0 Å². The summed E-state index contributed by atoms with van der Waals surface area (Å²) in [5.74, 6) is 0. The fourth-order valence-corrected chi connectivity index (χ4v) is 3.33. The zero-order chi connectivity index (χ0) is 23.2. The Morgan fingerprint density at radius 1 is 0.844 bits per heavy atom. The molecule has 0 N–H and O–H groups in total. The number of aromatic nitrogens is 2. The molecule has 13 nitrogen and oxygen atoms in total. The number of rotatable bonds is 5. The van der Waals surface area contributed by atoms with Crippen molar-refractivity contribution in [1.29, 1.82) is 0 Å². The van der Waals surface area contributed by atoms with Crippen LogP contribution in [0.3, 0.4) is 0 Å². The van der Waals surface area contributed by atoms with E-state index >= 15 is 0 Å². The summed E-state index contributed by atoms with van der Waals surface area (Å²) in [6, 6.07) is 10.2. The third kappa shape index (κ3) is 3.23. The van der Waals surface area contributed by atoms with Gasteiger partial charge in [-0.15, -0.1) is 0 Å². The molecule has 2 heterocycles. The number of nitro benzene ring substituents is 2. The van der Waals surface area contributed by atoms with E-state index in [4.69, 9.17) is 4.42 Å². The predicted molar refractivity (Wildman–Crippen MR) is 110 cm³/mol. The Morgan fingerprint density at radius 2 is 1.38 bits per heavy atom. The van der Waals surface area contributed by atoms with Crippen molar-refractivity contribution >= 4 is 28.2 Å². The molecular formula is C19H11N5O8. The Morgan fingerprint density at radius 3 is 1.88 bits per heavy atom. The van der Waals surface area contributed by atoms with E-state index in [2.05, 4.69) is 5.10 Å². The molecule has 0 aliphatic carbocycles. The SMILES string of the molecule is Cc1nn(-c2ccc([N+](=O)[O-])cc2)c2oc(=O)c([N+](=O)[O-])c(-c3ccc([N+](=O)[O-])cc3)c12. The van der Waals surface area contributed by atoms with Crippen LogP contribution in [0.2, 0.25) is 0 Å². The number of non-ortho nitro benzene ring substituents is 2. The van der Waals surface area contributed by atoms with Crippen molar-refractivity contribution < 1.29 is 19.2 Å². The normalized spacial score (nSPS) is 10.9. The second-order valence-corrected chi connectivity index (χ2v) is 6.63. The molecular weight excluding hydrogens is 426 g/mol. The van der Waals surface area contributed by atoms with E-state index in [-0.39, 0.29) is 39.3 Å². The highest BCUT2D eigenvalue weighted by molar-refractivity contribution is 5.98. The number of nitrogens with zero attached hydrogens (tertiary/aromatic N) is 5. The van der Waals surface area contributed by atoms with Crippen molar-refractivity contribution in [1.82, 2.24) is 9.78 Å². The molecule has 0 aliphatic heterocycles. The topological polar surface area (TPSA) is 177 Å². The van der Waals surface area contributed by atoms with Gasteiger partial charge < -0.3 is 4.42 Å². The number of aryl methyl sites for hydroxylation is 1. The third-order valence-corrected chi connectivity index (χ3v) is 4.74. The van der Waals surface area contributed by atoms with Gasteiger partial charge in [0.15, 0.2) is 0 Å². The first-order chi connectivity index (χ1) is 15.2. The van der Waals surface area contributed by atoms with E-state index in [1.54, 1.807) is 6.92 Å². The molecule has 0 saturated carbocycles. The summed E-state index contributed by atoms with van der Waals surface area (Å²) in [7, 11) is 0. The quantitative estimate of drug-likeness (QED) is 0.332. The highest BCUT2D eigenvalue weighted by Crippen LogP contribution is 2.37. The van der Waals surface area contributed by atoms with Gasteiger partial charge in [0.1, 0.15) is 0 Å². The lowest BCUT2D eigenvalue weighted by Gasteiger charge is -2.06. The van der Waals surface area contributed by atoms with Crippen molar-refractivity contribution in [2.45, 2.75) is 6.92 Å². The van der Waals surface area contributed by atoms with Crippen LogP contribution >= 0.6 is 0 Å². The van der Waals surface area contributed by atoms with Gasteiger partial charge in [0, 0.05) is 24.3 Å². The van der Waals surface area contributed by atoms with E-state index in [0.29, 0.717) is 5.69 Å². The third-order valence-electron chi connectivity index (χ3n) is 4.74. The molecule has 4 aromatic rings.